The maximum absolute atomic E-state index is 12.9. The van der Waals surface area contributed by atoms with E-state index < -0.39 is 17.8 Å². The molecule has 4 rings (SSSR count). The Labute approximate surface area is 197 Å². The molecule has 0 amide bonds. The van der Waals surface area contributed by atoms with Crippen LogP contribution in [-0.2, 0) is 28.5 Å². The SMILES string of the molecule is CCOC(=O)c1cn2ncnc(N)c2c1-c1ccc(CC(=O)Cc2cccc(C(F)(F)F)n2)cc1. The fourth-order valence-corrected chi connectivity index (χ4v) is 3.71. The van der Waals surface area contributed by atoms with Gasteiger partial charge in [-0.2, -0.15) is 18.3 Å². The third-order valence-electron chi connectivity index (χ3n) is 5.22. The zero-order chi connectivity index (χ0) is 25.2. The van der Waals surface area contributed by atoms with Crippen molar-refractivity contribution in [3.8, 4) is 11.1 Å². The van der Waals surface area contributed by atoms with Crippen LogP contribution in [0, 0.1) is 0 Å². The first-order valence-corrected chi connectivity index (χ1v) is 10.6. The highest BCUT2D eigenvalue weighted by Gasteiger charge is 2.32. The summed E-state index contributed by atoms with van der Waals surface area (Å²) in [6, 6.07) is 10.3. The Morgan fingerprint density at radius 2 is 1.83 bits per heavy atom. The molecule has 0 radical (unpaired) electrons. The van der Waals surface area contributed by atoms with Crippen molar-refractivity contribution in [1.82, 2.24) is 19.6 Å². The van der Waals surface area contributed by atoms with Crippen LogP contribution in [0.15, 0.2) is 55.0 Å². The van der Waals surface area contributed by atoms with E-state index in [1.54, 1.807) is 31.2 Å². The number of anilines is 1. The molecule has 0 aliphatic heterocycles. The third kappa shape index (κ3) is 5.13. The van der Waals surface area contributed by atoms with Crippen LogP contribution in [0.1, 0.15) is 34.2 Å². The van der Waals surface area contributed by atoms with Crippen LogP contribution >= 0.6 is 0 Å². The summed E-state index contributed by atoms with van der Waals surface area (Å²) in [5, 5.41) is 4.11. The topological polar surface area (TPSA) is 112 Å². The molecule has 0 atom stereocenters. The van der Waals surface area contributed by atoms with Gasteiger partial charge >= 0.3 is 12.1 Å². The van der Waals surface area contributed by atoms with E-state index in [4.69, 9.17) is 10.5 Å². The Bertz CT molecular complexity index is 1400. The Kier molecular flexibility index (Phi) is 6.50. The van der Waals surface area contributed by atoms with E-state index in [-0.39, 0.29) is 42.3 Å². The second kappa shape index (κ2) is 9.53. The number of rotatable bonds is 7. The summed E-state index contributed by atoms with van der Waals surface area (Å²) in [6.45, 7) is 1.88. The van der Waals surface area contributed by atoms with Crippen molar-refractivity contribution in [2.45, 2.75) is 25.9 Å². The number of hydrogen-bond donors (Lipinski definition) is 1. The van der Waals surface area contributed by atoms with Crippen LogP contribution in [0.2, 0.25) is 0 Å². The lowest BCUT2D eigenvalue weighted by Gasteiger charge is -2.08. The van der Waals surface area contributed by atoms with E-state index in [1.165, 1.54) is 29.2 Å². The van der Waals surface area contributed by atoms with Crippen LogP contribution in [0.3, 0.4) is 0 Å². The van der Waals surface area contributed by atoms with Crippen LogP contribution in [0.4, 0.5) is 19.0 Å². The van der Waals surface area contributed by atoms with Gasteiger partial charge in [-0.15, -0.1) is 0 Å². The Hall–Kier alpha value is -4.28. The van der Waals surface area contributed by atoms with Gasteiger partial charge in [0, 0.05) is 30.3 Å². The third-order valence-corrected chi connectivity index (χ3v) is 5.22. The summed E-state index contributed by atoms with van der Waals surface area (Å²) in [4.78, 5) is 32.6. The lowest BCUT2D eigenvalue weighted by molar-refractivity contribution is -0.141. The van der Waals surface area contributed by atoms with Crippen molar-refractivity contribution in [1.29, 1.82) is 0 Å². The van der Waals surface area contributed by atoms with Gasteiger partial charge in [0.15, 0.2) is 5.82 Å². The lowest BCUT2D eigenvalue weighted by atomic mass is 9.99. The molecular formula is C24H20F3N5O3. The number of nitrogens with two attached hydrogens (primary N) is 1. The molecule has 8 nitrogen and oxygen atoms in total. The van der Waals surface area contributed by atoms with Crippen molar-refractivity contribution in [3.05, 3.63) is 77.5 Å². The summed E-state index contributed by atoms with van der Waals surface area (Å²) >= 11 is 0. The number of nitrogen functional groups attached to an aromatic ring is 1. The van der Waals surface area contributed by atoms with Crippen molar-refractivity contribution in [2.75, 3.05) is 12.3 Å². The standard InChI is InChI=1S/C24H20F3N5O3/c1-2-35-23(34)18-12-32-21(22(28)29-13-30-32)20(18)15-8-6-14(7-9-15)10-17(33)11-16-4-3-5-19(31-16)24(25,26)27/h3-9,12-13H,2,10-11H2,1H3,(H2,28,29,30). The van der Waals surface area contributed by atoms with Gasteiger partial charge in [0.25, 0.3) is 0 Å². The highest BCUT2D eigenvalue weighted by Crippen LogP contribution is 2.33. The molecule has 180 valence electrons. The molecule has 0 unspecified atom stereocenters. The molecule has 4 aromatic rings. The number of aromatic nitrogens is 4. The van der Waals surface area contributed by atoms with Crippen molar-refractivity contribution in [3.63, 3.8) is 0 Å². The van der Waals surface area contributed by atoms with E-state index in [1.807, 2.05) is 0 Å². The monoisotopic (exact) mass is 483 g/mol. The predicted octanol–water partition coefficient (Wildman–Crippen LogP) is 3.92. The molecular weight excluding hydrogens is 463 g/mol. The number of benzene rings is 1. The molecule has 0 aliphatic rings. The second-order valence-corrected chi connectivity index (χ2v) is 7.68. The summed E-state index contributed by atoms with van der Waals surface area (Å²) in [7, 11) is 0. The Morgan fingerprint density at radius 3 is 2.51 bits per heavy atom. The Morgan fingerprint density at radius 1 is 1.09 bits per heavy atom. The molecule has 0 bridgehead atoms. The fourth-order valence-electron chi connectivity index (χ4n) is 3.71. The van der Waals surface area contributed by atoms with Gasteiger partial charge in [-0.1, -0.05) is 30.3 Å². The zero-order valence-electron chi connectivity index (χ0n) is 18.5. The van der Waals surface area contributed by atoms with Gasteiger partial charge in [-0.25, -0.2) is 19.3 Å². The Balaban J connectivity index is 1.57. The summed E-state index contributed by atoms with van der Waals surface area (Å²) in [6.07, 6.45) is -2.01. The number of esters is 1. The number of hydrogen-bond acceptors (Lipinski definition) is 7. The van der Waals surface area contributed by atoms with Crippen LogP contribution in [0.5, 0.6) is 0 Å². The average Bonchev–Trinajstić information content (AvgIpc) is 3.20. The van der Waals surface area contributed by atoms with Gasteiger partial charge in [-0.05, 0) is 30.2 Å². The number of ketones is 1. The van der Waals surface area contributed by atoms with Crippen LogP contribution < -0.4 is 5.73 Å². The van der Waals surface area contributed by atoms with Crippen LogP contribution in [-0.4, -0.2) is 37.9 Å². The molecule has 0 aliphatic carbocycles. The summed E-state index contributed by atoms with van der Waals surface area (Å²) < 4.78 is 45.2. The fraction of sp³-hybridized carbons (Fsp3) is 0.208. The minimum Gasteiger partial charge on any atom is -0.462 e. The highest BCUT2D eigenvalue weighted by molar-refractivity contribution is 6.04. The maximum Gasteiger partial charge on any atom is 0.433 e. The minimum atomic E-state index is -4.57. The van der Waals surface area contributed by atoms with Gasteiger partial charge in [0.2, 0.25) is 0 Å². The molecule has 11 heteroatoms. The first kappa shape index (κ1) is 23.9. The van der Waals surface area contributed by atoms with E-state index >= 15 is 0 Å². The number of carbonyl (C=O) groups is 2. The largest absolute Gasteiger partial charge is 0.462 e. The van der Waals surface area contributed by atoms with Crippen molar-refractivity contribution < 1.29 is 27.5 Å². The lowest BCUT2D eigenvalue weighted by Crippen LogP contribution is -2.12. The predicted molar refractivity (Wildman–Crippen MR) is 120 cm³/mol. The molecule has 3 heterocycles. The van der Waals surface area contributed by atoms with E-state index in [9.17, 15) is 22.8 Å². The molecule has 0 spiro atoms. The molecule has 0 saturated carbocycles. The summed E-state index contributed by atoms with van der Waals surface area (Å²) in [5.41, 5.74) is 7.54. The number of halogens is 3. The minimum absolute atomic E-state index is 0.00466. The van der Waals surface area contributed by atoms with Gasteiger partial charge in [0.1, 0.15) is 23.3 Å². The number of fused-ring (bicyclic) bond motifs is 1. The number of pyridine rings is 1. The molecule has 1 aromatic carbocycles. The molecule has 35 heavy (non-hydrogen) atoms. The van der Waals surface area contributed by atoms with Crippen LogP contribution in [0.25, 0.3) is 16.6 Å². The smallest absolute Gasteiger partial charge is 0.433 e. The maximum atomic E-state index is 12.9. The number of carbonyl (C=O) groups excluding carboxylic acids is 2. The number of nitrogens with zero attached hydrogens (tertiary/aromatic N) is 4. The normalized spacial score (nSPS) is 11.5. The first-order valence-electron chi connectivity index (χ1n) is 10.6. The number of Topliss-reactive ketones (excluding diaryl/α,β-unsaturated/α-hetero) is 1. The summed E-state index contributed by atoms with van der Waals surface area (Å²) in [5.74, 6) is -0.651. The van der Waals surface area contributed by atoms with E-state index in [0.29, 0.717) is 22.2 Å². The molecule has 0 fully saturated rings. The zero-order valence-corrected chi connectivity index (χ0v) is 18.5. The van der Waals surface area contributed by atoms with Gasteiger partial charge in [-0.3, -0.25) is 4.79 Å². The second-order valence-electron chi connectivity index (χ2n) is 7.68. The number of ether oxygens (including phenoxy) is 1. The average molecular weight is 483 g/mol. The molecule has 2 N–H and O–H groups in total. The molecule has 0 saturated heterocycles. The van der Waals surface area contributed by atoms with Crippen molar-refractivity contribution >= 4 is 23.1 Å². The van der Waals surface area contributed by atoms with Gasteiger partial charge in [0.05, 0.1) is 12.2 Å². The van der Waals surface area contributed by atoms with E-state index in [0.717, 1.165) is 6.07 Å². The molecule has 3 aromatic heterocycles. The first-order chi connectivity index (χ1) is 16.7. The van der Waals surface area contributed by atoms with Gasteiger partial charge < -0.3 is 10.5 Å². The highest BCUT2D eigenvalue weighted by atomic mass is 19.4. The van der Waals surface area contributed by atoms with Crippen molar-refractivity contribution in [2.24, 2.45) is 0 Å². The number of alkyl halides is 3. The quantitative estimate of drug-likeness (QED) is 0.397. The van der Waals surface area contributed by atoms with E-state index in [2.05, 4.69) is 15.1 Å².